The fourth-order valence-corrected chi connectivity index (χ4v) is 8.90. The molecule has 3 saturated heterocycles. The van der Waals surface area contributed by atoms with Crippen molar-refractivity contribution < 1.29 is 89.4 Å². The van der Waals surface area contributed by atoms with Crippen molar-refractivity contribution in [1.82, 2.24) is 5.32 Å². The van der Waals surface area contributed by atoms with Crippen LogP contribution in [-0.2, 0) is 33.2 Å². The van der Waals surface area contributed by atoms with Crippen LogP contribution in [0.1, 0.15) is 142 Å². The summed E-state index contributed by atoms with van der Waals surface area (Å²) in [6.45, 7) is 1.50. The summed E-state index contributed by atoms with van der Waals surface area (Å²) in [4.78, 5) is 13.3. The summed E-state index contributed by atoms with van der Waals surface area (Å²) in [7, 11) is 0. The first kappa shape index (κ1) is 66.5. The van der Waals surface area contributed by atoms with E-state index in [1.54, 1.807) is 6.08 Å². The molecule has 0 aromatic heterocycles. The Balaban J connectivity index is 1.53. The third-order valence-electron chi connectivity index (χ3n) is 13.5. The topological polar surface area (TPSA) is 307 Å². The van der Waals surface area contributed by atoms with E-state index < -0.39 is 124 Å². The van der Waals surface area contributed by atoms with Gasteiger partial charge in [0.1, 0.15) is 73.2 Å². The van der Waals surface area contributed by atoms with Crippen molar-refractivity contribution in [3.63, 3.8) is 0 Å². The molecule has 3 aliphatic heterocycles. The van der Waals surface area contributed by atoms with Gasteiger partial charge in [0.15, 0.2) is 18.9 Å². The van der Waals surface area contributed by atoms with Crippen molar-refractivity contribution in [2.24, 2.45) is 0 Å². The van der Waals surface area contributed by atoms with Gasteiger partial charge in [-0.15, -0.1) is 0 Å². The van der Waals surface area contributed by atoms with Crippen molar-refractivity contribution >= 4 is 5.91 Å². The molecule has 3 heterocycles. The van der Waals surface area contributed by atoms with Crippen LogP contribution in [0.2, 0.25) is 0 Å². The average Bonchev–Trinajstić information content (AvgIpc) is 3.41. The van der Waals surface area contributed by atoms with E-state index in [-0.39, 0.29) is 18.9 Å². The lowest BCUT2D eigenvalue weighted by atomic mass is 9.96. The van der Waals surface area contributed by atoms with Gasteiger partial charge in [0.25, 0.3) is 0 Å². The number of unbranched alkanes of at least 4 members (excludes halogenated alkanes) is 12. The third-order valence-corrected chi connectivity index (χ3v) is 13.5. The van der Waals surface area contributed by atoms with E-state index >= 15 is 0 Å². The number of carbonyl (C=O) groups is 1. The first-order valence-electron chi connectivity index (χ1n) is 27.7. The quantitative estimate of drug-likeness (QED) is 0.0311. The molecule has 0 bridgehead atoms. The summed E-state index contributed by atoms with van der Waals surface area (Å²) in [6.07, 6.45) is 17.6. The van der Waals surface area contributed by atoms with Crippen molar-refractivity contribution in [3.05, 3.63) is 72.9 Å². The van der Waals surface area contributed by atoms with Crippen LogP contribution in [0.4, 0.5) is 0 Å². The Labute approximate surface area is 445 Å². The Kier molecular flexibility index (Phi) is 35.1. The van der Waals surface area contributed by atoms with Crippen LogP contribution < -0.4 is 5.32 Å². The van der Waals surface area contributed by atoms with Crippen LogP contribution in [-0.4, -0.2) is 193 Å². The number of aliphatic hydroxyl groups is 11. The van der Waals surface area contributed by atoms with Crippen molar-refractivity contribution in [1.29, 1.82) is 0 Å². The number of amides is 1. The number of allylic oxidation sites excluding steroid dienone is 11. The fraction of sp³-hybridized carbons (Fsp3) is 0.768. The van der Waals surface area contributed by atoms with E-state index in [1.807, 2.05) is 6.08 Å². The number of rotatable bonds is 38. The largest absolute Gasteiger partial charge is 0.394 e. The van der Waals surface area contributed by atoms with Gasteiger partial charge >= 0.3 is 0 Å². The van der Waals surface area contributed by atoms with E-state index in [0.717, 1.165) is 83.5 Å². The minimum Gasteiger partial charge on any atom is -0.394 e. The second-order valence-electron chi connectivity index (χ2n) is 19.7. The number of hydrogen-bond donors (Lipinski definition) is 12. The molecule has 0 spiro atoms. The summed E-state index contributed by atoms with van der Waals surface area (Å²) < 4.78 is 34.1. The predicted molar refractivity (Wildman–Crippen MR) is 281 cm³/mol. The highest BCUT2D eigenvalue weighted by atomic mass is 16.8. The summed E-state index contributed by atoms with van der Waals surface area (Å²) >= 11 is 0. The summed E-state index contributed by atoms with van der Waals surface area (Å²) in [5, 5.41) is 120. The molecule has 3 rings (SSSR count). The van der Waals surface area contributed by atoms with Gasteiger partial charge in [0.05, 0.1) is 38.6 Å². The smallest absolute Gasteiger partial charge is 0.220 e. The predicted octanol–water partition coefficient (Wildman–Crippen LogP) is 3.48. The molecule has 1 amide bonds. The van der Waals surface area contributed by atoms with Gasteiger partial charge in [-0.2, -0.15) is 0 Å². The van der Waals surface area contributed by atoms with E-state index in [2.05, 4.69) is 79.9 Å². The normalized spacial score (nSPS) is 31.8. The highest BCUT2D eigenvalue weighted by Gasteiger charge is 2.53. The second-order valence-corrected chi connectivity index (χ2v) is 19.7. The van der Waals surface area contributed by atoms with E-state index in [4.69, 9.17) is 28.4 Å². The molecule has 75 heavy (non-hydrogen) atoms. The number of carbonyl (C=O) groups excluding carboxylic acids is 1. The zero-order valence-corrected chi connectivity index (χ0v) is 44.5. The van der Waals surface area contributed by atoms with Crippen LogP contribution in [0, 0.1) is 0 Å². The molecule has 19 heteroatoms. The van der Waals surface area contributed by atoms with E-state index in [1.165, 1.54) is 25.7 Å². The van der Waals surface area contributed by atoms with Gasteiger partial charge in [0, 0.05) is 6.42 Å². The molecule has 3 fully saturated rings. The number of nitrogens with one attached hydrogen (secondary N) is 1. The average molecular weight is 1070 g/mol. The van der Waals surface area contributed by atoms with Gasteiger partial charge in [-0.1, -0.05) is 138 Å². The van der Waals surface area contributed by atoms with Crippen LogP contribution in [0.5, 0.6) is 0 Å². The second kappa shape index (κ2) is 39.6. The Morgan fingerprint density at radius 3 is 1.49 bits per heavy atom. The SMILES string of the molecule is CC/C=C\C/C=C\C/C=C\C/C=C\CCCCCCCCC(=O)NC(COC1OC(CO)C(OC2OC(CO)C(OC3OC(CO)C(O)C(O)C3O)C(O)C2O)C(O)C1O)C(O)/C=C/CC/C=C/CCCCCCC. The summed E-state index contributed by atoms with van der Waals surface area (Å²) in [6, 6.07) is -0.999. The highest BCUT2D eigenvalue weighted by Crippen LogP contribution is 2.33. The van der Waals surface area contributed by atoms with Crippen LogP contribution in [0.3, 0.4) is 0 Å². The lowest BCUT2D eigenvalue weighted by molar-refractivity contribution is -0.379. The summed E-state index contributed by atoms with van der Waals surface area (Å²) in [5.74, 6) is -0.306. The molecule has 19 nitrogen and oxygen atoms in total. The fourth-order valence-electron chi connectivity index (χ4n) is 8.90. The molecule has 3 aliphatic rings. The van der Waals surface area contributed by atoms with Gasteiger partial charge in [-0.05, 0) is 70.6 Å². The van der Waals surface area contributed by atoms with Crippen LogP contribution in [0.25, 0.3) is 0 Å². The molecule has 0 aromatic rings. The lowest BCUT2D eigenvalue weighted by Crippen LogP contribution is -2.66. The molecule has 0 aromatic carbocycles. The molecular formula is C56H95NO18. The van der Waals surface area contributed by atoms with Crippen molar-refractivity contribution in [2.75, 3.05) is 26.4 Å². The van der Waals surface area contributed by atoms with Gasteiger partial charge in [-0.25, -0.2) is 0 Å². The molecule has 17 unspecified atom stereocenters. The van der Waals surface area contributed by atoms with E-state index in [0.29, 0.717) is 12.8 Å². The van der Waals surface area contributed by atoms with Crippen molar-refractivity contribution in [3.8, 4) is 0 Å². The standard InChI is InChI=1S/C56H95NO18/c1-3-5-7-9-11-13-15-16-17-18-19-20-21-22-24-26-28-30-32-34-44(62)57-39(40(61)33-31-29-27-25-23-14-12-10-8-6-4-2)38-70-54-50(68)47(65)52(42(36-59)72-54)75-56-51(69)48(66)53(43(37-60)73-56)74-55-49(67)46(64)45(63)41(35-58)71-55/h5,7,11,13,16-17,19-20,23,25,31,33,39-43,45-56,58-61,63-69H,3-4,6,8-10,12,14-15,18,21-22,24,26-30,32,34-38H2,1-2H3,(H,57,62)/b7-5-,13-11-,17-16-,20-19-,25-23+,33-31+. The molecule has 432 valence electrons. The maximum atomic E-state index is 13.3. The minimum absolute atomic E-state index is 0.215. The zero-order chi connectivity index (χ0) is 54.8. The molecule has 12 N–H and O–H groups in total. The van der Waals surface area contributed by atoms with Crippen LogP contribution in [0.15, 0.2) is 72.9 Å². The molecule has 0 aliphatic carbocycles. The Morgan fingerprint density at radius 2 is 0.933 bits per heavy atom. The Hall–Kier alpha value is -2.77. The first-order chi connectivity index (χ1) is 36.3. The minimum atomic E-state index is -1.98. The van der Waals surface area contributed by atoms with Crippen molar-refractivity contribution in [2.45, 2.75) is 247 Å². The lowest BCUT2D eigenvalue weighted by Gasteiger charge is -2.48. The van der Waals surface area contributed by atoms with Gasteiger partial charge in [0.2, 0.25) is 5.91 Å². The zero-order valence-electron chi connectivity index (χ0n) is 44.5. The first-order valence-corrected chi connectivity index (χ1v) is 27.7. The maximum absolute atomic E-state index is 13.3. The van der Waals surface area contributed by atoms with Gasteiger partial charge in [-0.3, -0.25) is 4.79 Å². The molecular weight excluding hydrogens is 975 g/mol. The third kappa shape index (κ3) is 24.4. The number of aliphatic hydroxyl groups excluding tert-OH is 11. The highest BCUT2D eigenvalue weighted by molar-refractivity contribution is 5.76. The van der Waals surface area contributed by atoms with E-state index in [9.17, 15) is 61.0 Å². The maximum Gasteiger partial charge on any atom is 0.220 e. The number of ether oxygens (including phenoxy) is 6. The Morgan fingerprint density at radius 1 is 0.493 bits per heavy atom. The Bertz CT molecular complexity index is 1660. The van der Waals surface area contributed by atoms with Gasteiger partial charge < -0.3 is 89.9 Å². The number of hydrogen-bond acceptors (Lipinski definition) is 18. The van der Waals surface area contributed by atoms with Crippen LogP contribution >= 0.6 is 0 Å². The molecule has 0 saturated carbocycles. The summed E-state index contributed by atoms with van der Waals surface area (Å²) in [5.41, 5.74) is 0. The molecule has 17 atom stereocenters. The molecule has 0 radical (unpaired) electrons. The monoisotopic (exact) mass is 1070 g/mol.